The Hall–Kier alpha value is -0.940. The van der Waals surface area contributed by atoms with Gasteiger partial charge in [-0.3, -0.25) is 4.79 Å². The zero-order valence-corrected chi connectivity index (χ0v) is 11.0. The zero-order valence-electron chi connectivity index (χ0n) is 11.0. The highest BCUT2D eigenvalue weighted by Crippen LogP contribution is 2.11. The van der Waals surface area contributed by atoms with Crippen LogP contribution in [0.25, 0.3) is 0 Å². The summed E-state index contributed by atoms with van der Waals surface area (Å²) in [7, 11) is 0. The van der Waals surface area contributed by atoms with Crippen LogP contribution < -0.4 is 5.32 Å². The van der Waals surface area contributed by atoms with E-state index in [-0.39, 0.29) is 11.3 Å². The normalized spacial score (nSPS) is 11.2. The molecule has 100 valence electrons. The highest BCUT2D eigenvalue weighted by Gasteiger charge is 2.20. The summed E-state index contributed by atoms with van der Waals surface area (Å²) in [5, 5.41) is 2.78. The van der Waals surface area contributed by atoms with E-state index in [2.05, 4.69) is 5.32 Å². The van der Waals surface area contributed by atoms with Crippen molar-refractivity contribution in [2.45, 2.75) is 27.2 Å². The highest BCUT2D eigenvalue weighted by atomic mass is 16.5. The Kier molecular flexibility index (Phi) is 8.62. The number of carbonyl (C=O) groups excluding carboxylic acids is 2. The number of aldehydes is 1. The number of amides is 1. The first-order chi connectivity index (χ1) is 7.98. The van der Waals surface area contributed by atoms with Gasteiger partial charge in [0.15, 0.2) is 0 Å². The van der Waals surface area contributed by atoms with Crippen molar-refractivity contribution in [2.75, 3.05) is 33.0 Å². The van der Waals surface area contributed by atoms with Gasteiger partial charge in [-0.05, 0) is 0 Å². The van der Waals surface area contributed by atoms with Crippen molar-refractivity contribution < 1.29 is 19.1 Å². The van der Waals surface area contributed by atoms with Crippen LogP contribution in [0.5, 0.6) is 0 Å². The van der Waals surface area contributed by atoms with E-state index in [0.717, 1.165) is 6.29 Å². The minimum absolute atomic E-state index is 0.0170. The van der Waals surface area contributed by atoms with Crippen LogP contribution in [-0.4, -0.2) is 45.2 Å². The Bertz CT molecular complexity index is 223. The molecule has 0 spiro atoms. The highest BCUT2D eigenvalue weighted by molar-refractivity contribution is 5.81. The van der Waals surface area contributed by atoms with Gasteiger partial charge in [-0.2, -0.15) is 0 Å². The molecule has 1 N–H and O–H groups in total. The van der Waals surface area contributed by atoms with Crippen LogP contribution in [0.3, 0.4) is 0 Å². The third-order valence-electron chi connectivity index (χ3n) is 1.97. The van der Waals surface area contributed by atoms with Crippen LogP contribution in [0, 0.1) is 5.41 Å². The lowest BCUT2D eigenvalue weighted by molar-refractivity contribution is -0.128. The van der Waals surface area contributed by atoms with E-state index in [0.29, 0.717) is 39.4 Å². The lowest BCUT2D eigenvalue weighted by Gasteiger charge is -2.17. The Labute approximate surface area is 103 Å². The maximum Gasteiger partial charge on any atom is 0.225 e. The van der Waals surface area contributed by atoms with Gasteiger partial charge in [0.2, 0.25) is 5.91 Å². The Morgan fingerprint density at radius 2 is 1.71 bits per heavy atom. The number of hydrogen-bond donors (Lipinski definition) is 1. The van der Waals surface area contributed by atoms with E-state index in [4.69, 9.17) is 9.47 Å². The van der Waals surface area contributed by atoms with Gasteiger partial charge in [0.05, 0.1) is 26.4 Å². The minimum Gasteiger partial charge on any atom is -0.379 e. The van der Waals surface area contributed by atoms with E-state index in [1.807, 2.05) is 20.8 Å². The second-order valence-electron chi connectivity index (χ2n) is 4.69. The van der Waals surface area contributed by atoms with Gasteiger partial charge in [0, 0.05) is 18.4 Å². The lowest BCUT2D eigenvalue weighted by Crippen LogP contribution is -2.36. The molecule has 1 amide bonds. The van der Waals surface area contributed by atoms with Crippen molar-refractivity contribution in [3.8, 4) is 0 Å². The molecule has 0 atom stereocenters. The predicted octanol–water partition coefficient (Wildman–Crippen LogP) is 0.771. The van der Waals surface area contributed by atoms with Crippen LogP contribution in [0.15, 0.2) is 0 Å². The van der Waals surface area contributed by atoms with Gasteiger partial charge in [0.1, 0.15) is 6.29 Å². The molecule has 0 aromatic rings. The SMILES string of the molecule is CC(C)(C)C(=O)NCCOCCOCCC=O. The number of nitrogens with one attached hydrogen (secondary N) is 1. The van der Waals surface area contributed by atoms with Crippen molar-refractivity contribution in [2.24, 2.45) is 5.41 Å². The molecule has 0 aromatic carbocycles. The zero-order chi connectivity index (χ0) is 13.1. The molecule has 17 heavy (non-hydrogen) atoms. The summed E-state index contributed by atoms with van der Waals surface area (Å²) < 4.78 is 10.4. The van der Waals surface area contributed by atoms with E-state index in [9.17, 15) is 9.59 Å². The molecule has 0 bridgehead atoms. The molecule has 5 nitrogen and oxygen atoms in total. The fraction of sp³-hybridized carbons (Fsp3) is 0.833. The minimum atomic E-state index is -0.363. The summed E-state index contributed by atoms with van der Waals surface area (Å²) in [6, 6.07) is 0. The van der Waals surface area contributed by atoms with E-state index >= 15 is 0 Å². The quantitative estimate of drug-likeness (QED) is 0.481. The number of carbonyl (C=O) groups is 2. The largest absolute Gasteiger partial charge is 0.379 e. The molecule has 0 aliphatic carbocycles. The summed E-state index contributed by atoms with van der Waals surface area (Å²) in [6.07, 6.45) is 1.24. The maximum absolute atomic E-state index is 11.4. The number of hydrogen-bond acceptors (Lipinski definition) is 4. The van der Waals surface area contributed by atoms with Crippen molar-refractivity contribution in [1.82, 2.24) is 5.32 Å². The van der Waals surface area contributed by atoms with Crippen LogP contribution in [0.2, 0.25) is 0 Å². The molecule has 0 aromatic heterocycles. The number of rotatable bonds is 9. The summed E-state index contributed by atoms with van der Waals surface area (Å²) in [5.41, 5.74) is -0.363. The standard InChI is InChI=1S/C12H23NO4/c1-12(2,3)11(15)13-5-8-17-10-9-16-7-4-6-14/h6H,4-5,7-10H2,1-3H3,(H,13,15). The van der Waals surface area contributed by atoms with Gasteiger partial charge in [-0.25, -0.2) is 0 Å². The first-order valence-electron chi connectivity index (χ1n) is 5.86. The van der Waals surface area contributed by atoms with Crippen molar-refractivity contribution in [1.29, 1.82) is 0 Å². The molecule has 0 aliphatic heterocycles. The average Bonchev–Trinajstić information content (AvgIpc) is 2.25. The Morgan fingerprint density at radius 3 is 2.24 bits per heavy atom. The van der Waals surface area contributed by atoms with Gasteiger partial charge >= 0.3 is 0 Å². The fourth-order valence-electron chi connectivity index (χ4n) is 0.955. The fourth-order valence-corrected chi connectivity index (χ4v) is 0.955. The third-order valence-corrected chi connectivity index (χ3v) is 1.97. The van der Waals surface area contributed by atoms with Crippen LogP contribution in [0.1, 0.15) is 27.2 Å². The summed E-state index contributed by atoms with van der Waals surface area (Å²) in [6.45, 7) is 7.96. The Morgan fingerprint density at radius 1 is 1.12 bits per heavy atom. The van der Waals surface area contributed by atoms with E-state index < -0.39 is 0 Å². The molecule has 0 aliphatic rings. The molecule has 0 saturated carbocycles. The second kappa shape index (κ2) is 9.13. The predicted molar refractivity (Wildman–Crippen MR) is 64.8 cm³/mol. The lowest BCUT2D eigenvalue weighted by atomic mass is 9.96. The maximum atomic E-state index is 11.4. The van der Waals surface area contributed by atoms with E-state index in [1.54, 1.807) is 0 Å². The molecule has 0 unspecified atom stereocenters. The second-order valence-corrected chi connectivity index (χ2v) is 4.69. The van der Waals surface area contributed by atoms with Crippen molar-refractivity contribution >= 4 is 12.2 Å². The van der Waals surface area contributed by atoms with Crippen LogP contribution in [0.4, 0.5) is 0 Å². The van der Waals surface area contributed by atoms with Crippen LogP contribution in [-0.2, 0) is 19.1 Å². The van der Waals surface area contributed by atoms with Gasteiger partial charge in [0.25, 0.3) is 0 Å². The van der Waals surface area contributed by atoms with Gasteiger partial charge in [-0.1, -0.05) is 20.8 Å². The first-order valence-corrected chi connectivity index (χ1v) is 5.86. The van der Waals surface area contributed by atoms with Gasteiger partial charge in [-0.15, -0.1) is 0 Å². The van der Waals surface area contributed by atoms with Crippen molar-refractivity contribution in [3.63, 3.8) is 0 Å². The van der Waals surface area contributed by atoms with E-state index in [1.165, 1.54) is 0 Å². The summed E-state index contributed by atoms with van der Waals surface area (Å²) in [5.74, 6) is 0.0170. The number of ether oxygens (including phenoxy) is 2. The summed E-state index contributed by atoms with van der Waals surface area (Å²) >= 11 is 0. The molecule has 0 fully saturated rings. The summed E-state index contributed by atoms with van der Waals surface area (Å²) in [4.78, 5) is 21.4. The third kappa shape index (κ3) is 9.96. The first kappa shape index (κ1) is 16.1. The molecule has 0 rings (SSSR count). The van der Waals surface area contributed by atoms with Gasteiger partial charge < -0.3 is 19.6 Å². The average molecular weight is 245 g/mol. The molecule has 0 saturated heterocycles. The molecular weight excluding hydrogens is 222 g/mol. The molecule has 0 radical (unpaired) electrons. The molecular formula is C12H23NO4. The Balaban J connectivity index is 3.24. The van der Waals surface area contributed by atoms with Crippen molar-refractivity contribution in [3.05, 3.63) is 0 Å². The van der Waals surface area contributed by atoms with Crippen LogP contribution >= 0.6 is 0 Å². The topological polar surface area (TPSA) is 64.6 Å². The smallest absolute Gasteiger partial charge is 0.225 e. The molecule has 5 heteroatoms. The monoisotopic (exact) mass is 245 g/mol. The molecule has 0 heterocycles.